The lowest BCUT2D eigenvalue weighted by molar-refractivity contribution is -0.139. The number of hydrogen-bond donors (Lipinski definition) is 1. The molecule has 0 aliphatic carbocycles. The van der Waals surface area contributed by atoms with Crippen LogP contribution in [0.1, 0.15) is 31.7 Å². The van der Waals surface area contributed by atoms with Crippen molar-refractivity contribution in [1.29, 1.82) is 0 Å². The summed E-state index contributed by atoms with van der Waals surface area (Å²) in [6.45, 7) is 4.06. The molecule has 0 aromatic heterocycles. The monoisotopic (exact) mass is 387 g/mol. The minimum absolute atomic E-state index is 0.106. The van der Waals surface area contributed by atoms with Gasteiger partial charge in [-0.2, -0.15) is 11.8 Å². The molecular weight excluding hydrogens is 369 g/mol. The summed E-state index contributed by atoms with van der Waals surface area (Å²) >= 11 is 14.3. The van der Waals surface area contributed by atoms with Crippen molar-refractivity contribution in [3.05, 3.63) is 45.1 Å². The van der Waals surface area contributed by atoms with E-state index in [0.29, 0.717) is 33.5 Å². The van der Waals surface area contributed by atoms with Gasteiger partial charge in [0.25, 0.3) is 0 Å². The third-order valence-corrected chi connectivity index (χ3v) is 5.22. The first-order chi connectivity index (χ1) is 11.5. The second-order valence-corrected chi connectivity index (χ2v) is 7.52. The molecule has 1 N–H and O–H groups in total. The van der Waals surface area contributed by atoms with E-state index < -0.39 is 11.9 Å². The summed E-state index contributed by atoms with van der Waals surface area (Å²) < 4.78 is 5.37. The van der Waals surface area contributed by atoms with Crippen molar-refractivity contribution in [2.24, 2.45) is 0 Å². The van der Waals surface area contributed by atoms with Gasteiger partial charge in [-0.25, -0.2) is 4.79 Å². The highest BCUT2D eigenvalue weighted by Gasteiger charge is 2.35. The average Bonchev–Trinajstić information content (AvgIpc) is 2.50. The van der Waals surface area contributed by atoms with Crippen molar-refractivity contribution < 1.29 is 14.3 Å². The number of allylic oxidation sites excluding steroid dienone is 1. The second-order valence-electron chi connectivity index (χ2n) is 5.31. The number of ether oxygens (including phenoxy) is 1. The molecule has 7 heteroatoms. The van der Waals surface area contributed by atoms with Gasteiger partial charge in [0.15, 0.2) is 0 Å². The molecule has 130 valence electrons. The van der Waals surface area contributed by atoms with Crippen molar-refractivity contribution >= 4 is 46.8 Å². The molecule has 2 rings (SSSR count). The van der Waals surface area contributed by atoms with Crippen LogP contribution in [-0.2, 0) is 14.3 Å². The van der Waals surface area contributed by atoms with Crippen LogP contribution in [0.5, 0.6) is 0 Å². The van der Waals surface area contributed by atoms with Gasteiger partial charge < -0.3 is 10.1 Å². The Kier molecular flexibility index (Phi) is 7.02. The van der Waals surface area contributed by atoms with Crippen LogP contribution in [0.4, 0.5) is 0 Å². The van der Waals surface area contributed by atoms with E-state index in [-0.39, 0.29) is 12.3 Å². The Morgan fingerprint density at radius 2 is 2.04 bits per heavy atom. The molecule has 1 amide bonds. The van der Waals surface area contributed by atoms with E-state index in [1.165, 1.54) is 0 Å². The summed E-state index contributed by atoms with van der Waals surface area (Å²) in [6, 6.07) is 5.13. The highest BCUT2D eigenvalue weighted by atomic mass is 35.5. The first-order valence-electron chi connectivity index (χ1n) is 7.65. The van der Waals surface area contributed by atoms with Gasteiger partial charge in [-0.05, 0) is 30.4 Å². The Morgan fingerprint density at radius 1 is 1.38 bits per heavy atom. The highest BCUT2D eigenvalue weighted by Crippen LogP contribution is 2.40. The molecule has 1 aliphatic rings. The molecule has 1 aliphatic heterocycles. The first-order valence-corrected chi connectivity index (χ1v) is 9.56. The summed E-state index contributed by atoms with van der Waals surface area (Å²) in [6.07, 6.45) is 0.106. The summed E-state index contributed by atoms with van der Waals surface area (Å²) in [5, 5.41) is 3.56. The number of esters is 1. The molecule has 1 heterocycles. The Balaban J connectivity index is 2.32. The van der Waals surface area contributed by atoms with Crippen molar-refractivity contribution in [1.82, 2.24) is 5.32 Å². The van der Waals surface area contributed by atoms with Gasteiger partial charge in [-0.1, -0.05) is 36.2 Å². The smallest absolute Gasteiger partial charge is 0.336 e. The van der Waals surface area contributed by atoms with Crippen molar-refractivity contribution in [3.63, 3.8) is 0 Å². The van der Waals surface area contributed by atoms with Gasteiger partial charge in [0.2, 0.25) is 5.91 Å². The van der Waals surface area contributed by atoms with E-state index in [2.05, 4.69) is 5.32 Å². The van der Waals surface area contributed by atoms with E-state index in [0.717, 1.165) is 11.5 Å². The fraction of sp³-hybridized carbons (Fsp3) is 0.412. The molecule has 0 bridgehead atoms. The molecule has 4 nitrogen and oxygen atoms in total. The lowest BCUT2D eigenvalue weighted by Gasteiger charge is -2.27. The Hall–Kier alpha value is -1.17. The second kappa shape index (κ2) is 8.79. The fourth-order valence-corrected chi connectivity index (χ4v) is 3.83. The van der Waals surface area contributed by atoms with Gasteiger partial charge >= 0.3 is 5.97 Å². The quantitative estimate of drug-likeness (QED) is 0.587. The summed E-state index contributed by atoms with van der Waals surface area (Å²) in [7, 11) is 0. The molecule has 1 aromatic carbocycles. The molecule has 1 atom stereocenters. The molecule has 1 aromatic rings. The number of amides is 1. The van der Waals surface area contributed by atoms with E-state index in [1.54, 1.807) is 36.9 Å². The number of thioether (sulfide) groups is 1. The van der Waals surface area contributed by atoms with E-state index in [1.807, 2.05) is 6.92 Å². The third kappa shape index (κ3) is 4.47. The summed E-state index contributed by atoms with van der Waals surface area (Å²) in [4.78, 5) is 24.5. The maximum atomic E-state index is 12.6. The molecular formula is C17H19Cl2NO3S. The van der Waals surface area contributed by atoms with Gasteiger partial charge in [-0.3, -0.25) is 4.79 Å². The predicted molar refractivity (Wildman–Crippen MR) is 98.6 cm³/mol. The third-order valence-electron chi connectivity index (χ3n) is 3.70. The number of halogens is 2. The first kappa shape index (κ1) is 19.2. The Bertz CT molecular complexity index is 656. The predicted octanol–water partition coefficient (Wildman–Crippen LogP) is 4.17. The lowest BCUT2D eigenvalue weighted by Crippen LogP contribution is -2.34. The van der Waals surface area contributed by atoms with Crippen molar-refractivity contribution in [3.8, 4) is 0 Å². The zero-order valence-electron chi connectivity index (χ0n) is 13.5. The molecule has 0 spiro atoms. The van der Waals surface area contributed by atoms with Crippen LogP contribution in [0.25, 0.3) is 0 Å². The number of nitrogens with one attached hydrogen (secondary N) is 1. The van der Waals surface area contributed by atoms with Crippen LogP contribution in [-0.4, -0.2) is 30.0 Å². The molecule has 24 heavy (non-hydrogen) atoms. The molecule has 0 saturated heterocycles. The largest absolute Gasteiger partial charge is 0.461 e. The number of carbonyl (C=O) groups is 2. The van der Waals surface area contributed by atoms with E-state index in [4.69, 9.17) is 27.9 Å². The van der Waals surface area contributed by atoms with Crippen molar-refractivity contribution in [2.45, 2.75) is 26.2 Å². The molecule has 0 saturated carbocycles. The number of hydrogen-bond acceptors (Lipinski definition) is 4. The minimum atomic E-state index is -0.508. The SMILES string of the molecule is CCSCCOC(=O)C1=C(C)NC(=O)C[C@H]1c1c(Cl)cccc1Cl. The maximum Gasteiger partial charge on any atom is 0.336 e. The van der Waals surface area contributed by atoms with Gasteiger partial charge in [-0.15, -0.1) is 0 Å². The molecule has 0 unspecified atom stereocenters. The highest BCUT2D eigenvalue weighted by molar-refractivity contribution is 7.99. The average molecular weight is 388 g/mol. The van der Waals surface area contributed by atoms with Crippen LogP contribution in [0, 0.1) is 0 Å². The number of rotatable bonds is 6. The van der Waals surface area contributed by atoms with Crippen LogP contribution < -0.4 is 5.32 Å². The van der Waals surface area contributed by atoms with Crippen LogP contribution in [0.15, 0.2) is 29.5 Å². The van der Waals surface area contributed by atoms with Crippen LogP contribution in [0.3, 0.4) is 0 Å². The van der Waals surface area contributed by atoms with E-state index in [9.17, 15) is 9.59 Å². The van der Waals surface area contributed by atoms with Gasteiger partial charge in [0.05, 0.1) is 5.57 Å². The zero-order chi connectivity index (χ0) is 17.7. The Morgan fingerprint density at radius 3 is 2.67 bits per heavy atom. The molecule has 0 fully saturated rings. The minimum Gasteiger partial charge on any atom is -0.461 e. The number of benzene rings is 1. The normalized spacial score (nSPS) is 17.7. The summed E-state index contributed by atoms with van der Waals surface area (Å²) in [5.74, 6) is 0.578. The van der Waals surface area contributed by atoms with E-state index >= 15 is 0 Å². The number of carbonyl (C=O) groups excluding carboxylic acids is 2. The lowest BCUT2D eigenvalue weighted by atomic mass is 9.84. The van der Waals surface area contributed by atoms with Crippen molar-refractivity contribution in [2.75, 3.05) is 18.1 Å². The van der Waals surface area contributed by atoms with Gasteiger partial charge in [0, 0.05) is 33.8 Å². The fourth-order valence-electron chi connectivity index (χ4n) is 2.68. The van der Waals surface area contributed by atoms with Gasteiger partial charge in [0.1, 0.15) is 6.61 Å². The Labute approximate surface area is 155 Å². The zero-order valence-corrected chi connectivity index (χ0v) is 15.9. The summed E-state index contributed by atoms with van der Waals surface area (Å²) in [5.41, 5.74) is 1.48. The van der Waals surface area contributed by atoms with Crippen LogP contribution >= 0.6 is 35.0 Å². The standard InChI is InChI=1S/C17H19Cl2NO3S/c1-3-24-8-7-23-17(22)15-10(2)20-14(21)9-11(15)16-12(18)5-4-6-13(16)19/h4-6,11H,3,7-9H2,1-2H3,(H,20,21)/t11-/m1/s1. The van der Waals surface area contributed by atoms with Crippen LogP contribution in [0.2, 0.25) is 10.0 Å². The molecule has 0 radical (unpaired) electrons. The maximum absolute atomic E-state index is 12.6. The topological polar surface area (TPSA) is 55.4 Å².